The molecule has 3 heteroatoms. The fourth-order valence-electron chi connectivity index (χ4n) is 1.98. The van der Waals surface area contributed by atoms with E-state index in [1.807, 2.05) is 18.7 Å². The molecule has 2 nitrogen and oxygen atoms in total. The van der Waals surface area contributed by atoms with Crippen LogP contribution in [-0.4, -0.2) is 24.7 Å². The van der Waals surface area contributed by atoms with E-state index in [1.54, 1.807) is 0 Å². The van der Waals surface area contributed by atoms with Gasteiger partial charge < -0.3 is 10.1 Å². The lowest BCUT2D eigenvalue weighted by atomic mass is 10.1. The first-order chi connectivity index (χ1) is 9.67. The maximum Gasteiger partial charge on any atom is 0.119 e. The Labute approximate surface area is 128 Å². The maximum absolute atomic E-state index is 5.51. The third-order valence-electron chi connectivity index (χ3n) is 2.97. The first-order valence-electron chi connectivity index (χ1n) is 7.71. The number of rotatable bonds is 10. The van der Waals surface area contributed by atoms with Crippen molar-refractivity contribution in [3.05, 3.63) is 29.8 Å². The van der Waals surface area contributed by atoms with Crippen LogP contribution in [0, 0.1) is 5.92 Å². The first kappa shape index (κ1) is 17.4. The smallest absolute Gasteiger partial charge is 0.119 e. The minimum atomic E-state index is 0.439. The molecule has 114 valence electrons. The van der Waals surface area contributed by atoms with Crippen molar-refractivity contribution in [3.8, 4) is 5.75 Å². The van der Waals surface area contributed by atoms with E-state index in [2.05, 4.69) is 50.4 Å². The van der Waals surface area contributed by atoms with Crippen molar-refractivity contribution in [1.29, 1.82) is 0 Å². The van der Waals surface area contributed by atoms with E-state index < -0.39 is 0 Å². The van der Waals surface area contributed by atoms with Crippen LogP contribution in [0.15, 0.2) is 24.3 Å². The number of thioether (sulfide) groups is 1. The molecule has 0 fully saturated rings. The predicted octanol–water partition coefficient (Wildman–Crippen LogP) is 4.52. The van der Waals surface area contributed by atoms with Crippen LogP contribution in [0.25, 0.3) is 0 Å². The number of ether oxygens (including phenoxy) is 1. The molecule has 1 N–H and O–H groups in total. The van der Waals surface area contributed by atoms with Crippen LogP contribution in [0.1, 0.15) is 45.7 Å². The van der Waals surface area contributed by atoms with Gasteiger partial charge in [0.05, 0.1) is 6.61 Å². The molecule has 1 aromatic rings. The second kappa shape index (κ2) is 10.1. The summed E-state index contributed by atoms with van der Waals surface area (Å²) in [5.74, 6) is 4.07. The standard InChI is InChI=1S/C17H29NOS/c1-5-11-18-17(13-20-12-14(3)4)15-7-9-16(10-8-15)19-6-2/h7-10,14,17-18H,5-6,11-13H2,1-4H3. The summed E-state index contributed by atoms with van der Waals surface area (Å²) >= 11 is 2.04. The quantitative estimate of drug-likeness (QED) is 0.686. The molecular formula is C17H29NOS. The zero-order chi connectivity index (χ0) is 14.8. The zero-order valence-corrected chi connectivity index (χ0v) is 14.1. The monoisotopic (exact) mass is 295 g/mol. The summed E-state index contributed by atoms with van der Waals surface area (Å²) in [4.78, 5) is 0. The summed E-state index contributed by atoms with van der Waals surface area (Å²) in [6, 6.07) is 8.97. The van der Waals surface area contributed by atoms with Crippen LogP contribution in [0.2, 0.25) is 0 Å². The summed E-state index contributed by atoms with van der Waals surface area (Å²) in [5.41, 5.74) is 1.36. The fraction of sp³-hybridized carbons (Fsp3) is 0.647. The van der Waals surface area contributed by atoms with Gasteiger partial charge in [0, 0.05) is 11.8 Å². The van der Waals surface area contributed by atoms with Gasteiger partial charge in [0.1, 0.15) is 5.75 Å². The van der Waals surface area contributed by atoms with Crippen LogP contribution < -0.4 is 10.1 Å². The molecule has 1 atom stereocenters. The molecule has 1 unspecified atom stereocenters. The van der Waals surface area contributed by atoms with E-state index in [0.29, 0.717) is 6.04 Å². The summed E-state index contributed by atoms with van der Waals surface area (Å²) in [6.07, 6.45) is 1.17. The lowest BCUT2D eigenvalue weighted by molar-refractivity contribution is 0.340. The molecule has 0 aliphatic carbocycles. The van der Waals surface area contributed by atoms with Gasteiger partial charge >= 0.3 is 0 Å². The minimum Gasteiger partial charge on any atom is -0.494 e. The Hall–Kier alpha value is -0.670. The molecular weight excluding hydrogens is 266 g/mol. The van der Waals surface area contributed by atoms with Crippen molar-refractivity contribution in [2.45, 2.75) is 40.2 Å². The molecule has 0 saturated carbocycles. The highest BCUT2D eigenvalue weighted by atomic mass is 32.2. The molecule has 1 rings (SSSR count). The van der Waals surface area contributed by atoms with E-state index in [0.717, 1.165) is 30.6 Å². The van der Waals surface area contributed by atoms with E-state index >= 15 is 0 Å². The summed E-state index contributed by atoms with van der Waals surface area (Å²) in [6.45, 7) is 10.6. The third kappa shape index (κ3) is 6.67. The molecule has 0 heterocycles. The molecule has 0 aromatic heterocycles. The minimum absolute atomic E-state index is 0.439. The van der Waals surface area contributed by atoms with E-state index in [4.69, 9.17) is 4.74 Å². The average Bonchev–Trinajstić information content (AvgIpc) is 2.43. The second-order valence-corrected chi connectivity index (χ2v) is 6.51. The Balaban J connectivity index is 2.60. The van der Waals surface area contributed by atoms with Crippen molar-refractivity contribution < 1.29 is 4.74 Å². The summed E-state index contributed by atoms with van der Waals surface area (Å²) in [7, 11) is 0. The van der Waals surface area contributed by atoms with Gasteiger partial charge in [-0.2, -0.15) is 11.8 Å². The van der Waals surface area contributed by atoms with Crippen LogP contribution in [0.4, 0.5) is 0 Å². The van der Waals surface area contributed by atoms with E-state index in [9.17, 15) is 0 Å². The summed E-state index contributed by atoms with van der Waals surface area (Å²) < 4.78 is 5.51. The Morgan fingerprint density at radius 1 is 1.10 bits per heavy atom. The van der Waals surface area contributed by atoms with Gasteiger partial charge in [0.2, 0.25) is 0 Å². The zero-order valence-electron chi connectivity index (χ0n) is 13.3. The van der Waals surface area contributed by atoms with Gasteiger partial charge in [0.15, 0.2) is 0 Å². The topological polar surface area (TPSA) is 21.3 Å². The number of hydrogen-bond acceptors (Lipinski definition) is 3. The predicted molar refractivity (Wildman–Crippen MR) is 90.8 cm³/mol. The fourth-order valence-corrected chi connectivity index (χ4v) is 3.13. The van der Waals surface area contributed by atoms with E-state index in [1.165, 1.54) is 17.7 Å². The molecule has 1 aromatic carbocycles. The van der Waals surface area contributed by atoms with Crippen LogP contribution in [0.3, 0.4) is 0 Å². The first-order valence-corrected chi connectivity index (χ1v) is 8.86. The Morgan fingerprint density at radius 3 is 2.35 bits per heavy atom. The van der Waals surface area contributed by atoms with Crippen LogP contribution in [0.5, 0.6) is 5.75 Å². The SMILES string of the molecule is CCCNC(CSCC(C)C)c1ccc(OCC)cc1. The van der Waals surface area contributed by atoms with Crippen molar-refractivity contribution in [3.63, 3.8) is 0 Å². The van der Waals surface area contributed by atoms with Crippen molar-refractivity contribution >= 4 is 11.8 Å². The number of hydrogen-bond donors (Lipinski definition) is 1. The van der Waals surface area contributed by atoms with E-state index in [-0.39, 0.29) is 0 Å². The highest BCUT2D eigenvalue weighted by Gasteiger charge is 2.11. The Morgan fingerprint density at radius 2 is 1.80 bits per heavy atom. The highest BCUT2D eigenvalue weighted by molar-refractivity contribution is 7.99. The third-order valence-corrected chi connectivity index (χ3v) is 4.44. The van der Waals surface area contributed by atoms with Gasteiger partial charge in [-0.3, -0.25) is 0 Å². The van der Waals surface area contributed by atoms with Gasteiger partial charge in [-0.05, 0) is 49.3 Å². The van der Waals surface area contributed by atoms with Gasteiger partial charge in [-0.15, -0.1) is 0 Å². The molecule has 0 bridgehead atoms. The Kier molecular flexibility index (Phi) is 8.79. The summed E-state index contributed by atoms with van der Waals surface area (Å²) in [5, 5.41) is 3.65. The molecule has 0 aliphatic rings. The molecule has 0 saturated heterocycles. The van der Waals surface area contributed by atoms with Crippen LogP contribution in [-0.2, 0) is 0 Å². The molecule has 0 amide bonds. The normalized spacial score (nSPS) is 12.7. The number of nitrogens with one attached hydrogen (secondary N) is 1. The highest BCUT2D eigenvalue weighted by Crippen LogP contribution is 2.22. The second-order valence-electron chi connectivity index (χ2n) is 5.44. The lowest BCUT2D eigenvalue weighted by Gasteiger charge is -2.19. The molecule has 0 radical (unpaired) electrons. The molecule has 0 spiro atoms. The van der Waals surface area contributed by atoms with Crippen LogP contribution >= 0.6 is 11.8 Å². The largest absolute Gasteiger partial charge is 0.494 e. The number of benzene rings is 1. The van der Waals surface area contributed by atoms with Gasteiger partial charge in [-0.1, -0.05) is 32.9 Å². The molecule has 20 heavy (non-hydrogen) atoms. The maximum atomic E-state index is 5.51. The molecule has 0 aliphatic heterocycles. The lowest BCUT2D eigenvalue weighted by Crippen LogP contribution is -2.24. The van der Waals surface area contributed by atoms with Crippen molar-refractivity contribution in [2.75, 3.05) is 24.7 Å². The average molecular weight is 295 g/mol. The Bertz CT molecular complexity index is 351. The van der Waals surface area contributed by atoms with Crippen molar-refractivity contribution in [1.82, 2.24) is 5.32 Å². The van der Waals surface area contributed by atoms with Crippen molar-refractivity contribution in [2.24, 2.45) is 5.92 Å². The van der Waals surface area contributed by atoms with Gasteiger partial charge in [-0.25, -0.2) is 0 Å². The van der Waals surface area contributed by atoms with Gasteiger partial charge in [0.25, 0.3) is 0 Å².